The van der Waals surface area contributed by atoms with E-state index in [4.69, 9.17) is 4.74 Å². The molecule has 1 N–H and O–H groups in total. The van der Waals surface area contributed by atoms with Gasteiger partial charge < -0.3 is 10.1 Å². The number of fused-ring (bicyclic) bond motifs is 1. The van der Waals surface area contributed by atoms with Crippen LogP contribution in [-0.4, -0.2) is 32.5 Å². The molecule has 3 aromatic rings. The number of benzene rings is 3. The Kier molecular flexibility index (Phi) is 6.38. The number of carbonyl (C=O) groups is 2. The van der Waals surface area contributed by atoms with Gasteiger partial charge in [0.05, 0.1) is 28.5 Å². The van der Waals surface area contributed by atoms with Crippen LogP contribution in [0, 0.1) is 5.82 Å². The summed E-state index contributed by atoms with van der Waals surface area (Å²) < 4.78 is 47.8. The van der Waals surface area contributed by atoms with Crippen molar-refractivity contribution in [1.82, 2.24) is 0 Å². The van der Waals surface area contributed by atoms with E-state index in [2.05, 4.69) is 9.71 Å². The second-order valence-corrected chi connectivity index (χ2v) is 8.87. The number of sulfonamides is 1. The molecule has 7 nitrogen and oxygen atoms in total. The van der Waals surface area contributed by atoms with Crippen LogP contribution in [0.2, 0.25) is 0 Å². The van der Waals surface area contributed by atoms with E-state index in [1.807, 2.05) is 0 Å². The van der Waals surface area contributed by atoms with Gasteiger partial charge in [-0.3, -0.25) is 4.79 Å². The normalized spacial score (nSPS) is 14.4. The second kappa shape index (κ2) is 9.40. The standard InChI is InChI=1S/C25H19FN2O5S/c1-2-33-25(30)16-7-11-18(12-8-16)27-23-15-22(20-5-3-4-6-21(20)24(23)29)28-34(31,32)19-13-9-17(26)10-14-19/h3-15,27H,2H2,1H3/b28-22+. The van der Waals surface area contributed by atoms with Crippen LogP contribution in [0.3, 0.4) is 0 Å². The lowest BCUT2D eigenvalue weighted by Crippen LogP contribution is -2.22. The van der Waals surface area contributed by atoms with Crippen molar-refractivity contribution in [3.63, 3.8) is 0 Å². The summed E-state index contributed by atoms with van der Waals surface area (Å²) >= 11 is 0. The van der Waals surface area contributed by atoms with Gasteiger partial charge in [0.25, 0.3) is 10.0 Å². The highest BCUT2D eigenvalue weighted by molar-refractivity contribution is 7.90. The van der Waals surface area contributed by atoms with E-state index in [0.29, 0.717) is 16.8 Å². The molecule has 0 radical (unpaired) electrons. The van der Waals surface area contributed by atoms with Gasteiger partial charge in [0.15, 0.2) is 0 Å². The number of hydrogen-bond acceptors (Lipinski definition) is 6. The molecule has 0 amide bonds. The zero-order valence-electron chi connectivity index (χ0n) is 18.0. The minimum Gasteiger partial charge on any atom is -0.462 e. The molecule has 0 unspecified atom stereocenters. The van der Waals surface area contributed by atoms with Gasteiger partial charge in [-0.1, -0.05) is 24.3 Å². The van der Waals surface area contributed by atoms with Crippen LogP contribution < -0.4 is 5.32 Å². The predicted molar refractivity (Wildman–Crippen MR) is 125 cm³/mol. The average molecular weight is 479 g/mol. The Bertz CT molecular complexity index is 1430. The molecule has 0 heterocycles. The minimum absolute atomic E-state index is 0.0603. The van der Waals surface area contributed by atoms with E-state index in [9.17, 15) is 22.4 Å². The number of ether oxygens (including phenoxy) is 1. The maximum atomic E-state index is 13.2. The van der Waals surface area contributed by atoms with Crippen molar-refractivity contribution in [2.45, 2.75) is 11.8 Å². The molecule has 0 spiro atoms. The molecule has 0 saturated carbocycles. The third kappa shape index (κ3) is 4.79. The molecule has 3 aromatic carbocycles. The Morgan fingerprint density at radius 1 is 0.971 bits per heavy atom. The number of halogens is 1. The van der Waals surface area contributed by atoms with Gasteiger partial charge in [-0.2, -0.15) is 12.8 Å². The molecule has 0 fully saturated rings. The number of allylic oxidation sites excluding steroid dienone is 2. The van der Waals surface area contributed by atoms with Crippen molar-refractivity contribution in [2.75, 3.05) is 11.9 Å². The maximum absolute atomic E-state index is 13.2. The van der Waals surface area contributed by atoms with E-state index in [1.165, 1.54) is 6.08 Å². The molecule has 1 aliphatic carbocycles. The first-order chi connectivity index (χ1) is 16.3. The first-order valence-corrected chi connectivity index (χ1v) is 11.7. The van der Waals surface area contributed by atoms with E-state index >= 15 is 0 Å². The first kappa shape index (κ1) is 23.1. The van der Waals surface area contributed by atoms with Crippen molar-refractivity contribution in [3.8, 4) is 0 Å². The molecule has 4 rings (SSSR count). The molecule has 1 aliphatic rings. The lowest BCUT2D eigenvalue weighted by atomic mass is 9.92. The molecule has 0 saturated heterocycles. The van der Waals surface area contributed by atoms with E-state index in [1.54, 1.807) is 55.5 Å². The summed E-state index contributed by atoms with van der Waals surface area (Å²) in [5.74, 6) is -1.37. The Morgan fingerprint density at radius 3 is 2.26 bits per heavy atom. The van der Waals surface area contributed by atoms with E-state index in [0.717, 1.165) is 24.3 Å². The molecule has 0 bridgehead atoms. The maximum Gasteiger partial charge on any atom is 0.338 e. The Balaban J connectivity index is 1.71. The van der Waals surface area contributed by atoms with Gasteiger partial charge in [-0.25, -0.2) is 9.18 Å². The van der Waals surface area contributed by atoms with Gasteiger partial charge in [0, 0.05) is 16.8 Å². The Labute approximate surface area is 195 Å². The molecular weight excluding hydrogens is 459 g/mol. The van der Waals surface area contributed by atoms with Crippen molar-refractivity contribution in [1.29, 1.82) is 0 Å². The average Bonchev–Trinajstić information content (AvgIpc) is 2.83. The zero-order valence-corrected chi connectivity index (χ0v) is 18.8. The van der Waals surface area contributed by atoms with Gasteiger partial charge in [-0.05, 0) is 61.5 Å². The molecule has 0 atom stereocenters. The molecule has 0 aliphatic heterocycles. The summed E-state index contributed by atoms with van der Waals surface area (Å²) in [6.07, 6.45) is 1.35. The van der Waals surface area contributed by atoms with Crippen LogP contribution in [-0.2, 0) is 14.8 Å². The summed E-state index contributed by atoms with van der Waals surface area (Å²) in [5.41, 5.74) is 1.67. The number of nitrogens with zero attached hydrogens (tertiary/aromatic N) is 1. The highest BCUT2D eigenvalue weighted by Crippen LogP contribution is 2.25. The summed E-state index contributed by atoms with van der Waals surface area (Å²) in [5, 5.41) is 2.97. The predicted octanol–water partition coefficient (Wildman–Crippen LogP) is 4.37. The fraction of sp³-hybridized carbons (Fsp3) is 0.0800. The van der Waals surface area contributed by atoms with Gasteiger partial charge >= 0.3 is 5.97 Å². The number of carbonyl (C=O) groups excluding carboxylic acids is 2. The summed E-state index contributed by atoms with van der Waals surface area (Å²) in [4.78, 5) is 24.7. The molecule has 172 valence electrons. The SMILES string of the molecule is CCOC(=O)c1ccc(NC2=C/C(=N\S(=O)(=O)c3ccc(F)cc3)c3ccccc3C2=O)cc1. The molecule has 9 heteroatoms. The number of ketones is 1. The quantitative estimate of drug-likeness (QED) is 0.528. The topological polar surface area (TPSA) is 102 Å². The van der Waals surface area contributed by atoms with Crippen LogP contribution >= 0.6 is 0 Å². The highest BCUT2D eigenvalue weighted by Gasteiger charge is 2.26. The minimum atomic E-state index is -4.17. The number of rotatable bonds is 6. The smallest absolute Gasteiger partial charge is 0.338 e. The summed E-state index contributed by atoms with van der Waals surface area (Å²) in [7, 11) is -4.17. The number of Topliss-reactive ketones (excluding diaryl/α,β-unsaturated/α-hetero) is 1. The van der Waals surface area contributed by atoms with Crippen molar-refractivity contribution in [3.05, 3.63) is 107 Å². The lowest BCUT2D eigenvalue weighted by molar-refractivity contribution is 0.0526. The van der Waals surface area contributed by atoms with Crippen molar-refractivity contribution in [2.24, 2.45) is 4.40 Å². The van der Waals surface area contributed by atoms with Crippen LogP contribution in [0.15, 0.2) is 93.9 Å². The lowest BCUT2D eigenvalue weighted by Gasteiger charge is -2.19. The Hall–Kier alpha value is -4.11. The fourth-order valence-corrected chi connectivity index (χ4v) is 4.34. The number of anilines is 1. The van der Waals surface area contributed by atoms with Crippen molar-refractivity contribution >= 4 is 33.2 Å². The Morgan fingerprint density at radius 2 is 1.62 bits per heavy atom. The van der Waals surface area contributed by atoms with Gasteiger partial charge in [0.2, 0.25) is 5.78 Å². The largest absolute Gasteiger partial charge is 0.462 e. The monoisotopic (exact) mass is 478 g/mol. The molecular formula is C25H19FN2O5S. The van der Waals surface area contributed by atoms with E-state index < -0.39 is 21.8 Å². The number of esters is 1. The van der Waals surface area contributed by atoms with Gasteiger partial charge in [-0.15, -0.1) is 0 Å². The highest BCUT2D eigenvalue weighted by atomic mass is 32.2. The van der Waals surface area contributed by atoms with Crippen LogP contribution in [0.5, 0.6) is 0 Å². The van der Waals surface area contributed by atoms with Crippen LogP contribution in [0.1, 0.15) is 33.2 Å². The fourth-order valence-electron chi connectivity index (χ4n) is 3.35. The van der Waals surface area contributed by atoms with Crippen molar-refractivity contribution < 1.29 is 27.1 Å². The van der Waals surface area contributed by atoms with Gasteiger partial charge in [0.1, 0.15) is 5.82 Å². The summed E-state index contributed by atoms with van der Waals surface area (Å²) in [6, 6.07) is 17.2. The molecule has 34 heavy (non-hydrogen) atoms. The van der Waals surface area contributed by atoms with Crippen LogP contribution in [0.25, 0.3) is 0 Å². The second-order valence-electron chi connectivity index (χ2n) is 7.26. The zero-order chi connectivity index (χ0) is 24.3. The third-order valence-corrected chi connectivity index (χ3v) is 6.28. The number of hydrogen-bond donors (Lipinski definition) is 1. The van der Waals surface area contributed by atoms with E-state index in [-0.39, 0.29) is 34.3 Å². The first-order valence-electron chi connectivity index (χ1n) is 10.3. The molecule has 0 aromatic heterocycles. The third-order valence-electron chi connectivity index (χ3n) is 4.98. The number of nitrogens with one attached hydrogen (secondary N) is 1. The summed E-state index contributed by atoms with van der Waals surface area (Å²) in [6.45, 7) is 1.96. The van der Waals surface area contributed by atoms with Crippen LogP contribution in [0.4, 0.5) is 10.1 Å².